The zero-order valence-corrected chi connectivity index (χ0v) is 14.6. The molecule has 8 unspecified atom stereocenters. The topological polar surface area (TPSA) is 118 Å². The predicted octanol–water partition coefficient (Wildman–Crippen LogP) is -0.632. The number of ether oxygens (including phenoxy) is 4. The third-order valence-corrected chi connectivity index (χ3v) is 4.89. The fraction of sp³-hybridized carbons (Fsp3) is 1.00. The third kappa shape index (κ3) is 3.91. The Morgan fingerprint density at radius 1 is 0.792 bits per heavy atom. The summed E-state index contributed by atoms with van der Waals surface area (Å²) in [5.74, 6) is -0.197. The molecule has 8 nitrogen and oxygen atoms in total. The monoisotopic (exact) mass is 350 g/mol. The van der Waals surface area contributed by atoms with Gasteiger partial charge in [0.05, 0.1) is 18.3 Å². The van der Waals surface area contributed by atoms with Crippen LogP contribution in [-0.4, -0.2) is 82.3 Å². The molecule has 0 aromatic carbocycles. The van der Waals surface area contributed by atoms with Crippen LogP contribution in [0.3, 0.4) is 0 Å². The van der Waals surface area contributed by atoms with Crippen LogP contribution in [0.1, 0.15) is 34.1 Å². The van der Waals surface area contributed by atoms with Crippen molar-refractivity contribution in [1.29, 1.82) is 0 Å². The summed E-state index contributed by atoms with van der Waals surface area (Å²) < 4.78 is 22.1. The number of aliphatic hydroxyl groups excluding tert-OH is 4. The molecule has 0 aromatic heterocycles. The lowest BCUT2D eigenvalue weighted by molar-refractivity contribution is -0.348. The quantitative estimate of drug-likeness (QED) is 0.518. The van der Waals surface area contributed by atoms with Gasteiger partial charge in [0, 0.05) is 12.5 Å². The Morgan fingerprint density at radius 2 is 1.38 bits per heavy atom. The molecule has 2 aliphatic rings. The highest BCUT2D eigenvalue weighted by Gasteiger charge is 2.48. The second kappa shape index (κ2) is 8.37. The van der Waals surface area contributed by atoms with E-state index in [-0.39, 0.29) is 12.0 Å². The summed E-state index contributed by atoms with van der Waals surface area (Å²) in [6.45, 7) is 7.48. The molecule has 0 amide bonds. The Labute approximate surface area is 142 Å². The maximum absolute atomic E-state index is 10.3. The molecule has 10 atom stereocenters. The van der Waals surface area contributed by atoms with Gasteiger partial charge in [0.15, 0.2) is 12.6 Å². The molecule has 2 fully saturated rings. The van der Waals surface area contributed by atoms with E-state index in [9.17, 15) is 20.4 Å². The van der Waals surface area contributed by atoms with Crippen molar-refractivity contribution in [2.45, 2.75) is 89.4 Å². The maximum Gasteiger partial charge on any atom is 0.186 e. The van der Waals surface area contributed by atoms with E-state index in [0.29, 0.717) is 13.0 Å². The van der Waals surface area contributed by atoms with Crippen LogP contribution in [0.5, 0.6) is 0 Å². The third-order valence-electron chi connectivity index (χ3n) is 4.89. The molecule has 0 aromatic rings. The molecular weight excluding hydrogens is 320 g/mol. The van der Waals surface area contributed by atoms with E-state index in [1.165, 1.54) is 0 Å². The van der Waals surface area contributed by atoms with Gasteiger partial charge in [0.1, 0.15) is 24.4 Å². The largest absolute Gasteiger partial charge is 0.390 e. The Hall–Kier alpha value is -0.320. The minimum Gasteiger partial charge on any atom is -0.390 e. The van der Waals surface area contributed by atoms with Crippen LogP contribution >= 0.6 is 0 Å². The van der Waals surface area contributed by atoms with Gasteiger partial charge in [-0.3, -0.25) is 0 Å². The maximum atomic E-state index is 10.3. The highest BCUT2D eigenvalue weighted by atomic mass is 16.7. The number of hydrogen-bond donors (Lipinski definition) is 4. The Bertz CT molecular complexity index is 394. The summed E-state index contributed by atoms with van der Waals surface area (Å²) in [6, 6.07) is 0. The molecule has 0 aliphatic carbocycles. The van der Waals surface area contributed by atoms with Gasteiger partial charge in [-0.15, -0.1) is 0 Å². The van der Waals surface area contributed by atoms with Crippen molar-refractivity contribution in [3.63, 3.8) is 0 Å². The molecular formula is C16H30O8. The van der Waals surface area contributed by atoms with Crippen LogP contribution in [0.25, 0.3) is 0 Å². The second-order valence-corrected chi connectivity index (χ2v) is 6.51. The van der Waals surface area contributed by atoms with Crippen LogP contribution in [0.15, 0.2) is 0 Å². The predicted molar refractivity (Wildman–Crippen MR) is 83.0 cm³/mol. The van der Waals surface area contributed by atoms with Crippen molar-refractivity contribution in [3.05, 3.63) is 0 Å². The van der Waals surface area contributed by atoms with E-state index >= 15 is 0 Å². The van der Waals surface area contributed by atoms with E-state index in [0.717, 1.165) is 0 Å². The van der Waals surface area contributed by atoms with E-state index in [2.05, 4.69) is 0 Å². The first-order chi connectivity index (χ1) is 11.3. The second-order valence-electron chi connectivity index (χ2n) is 6.51. The molecule has 4 N–H and O–H groups in total. The standard InChI is InChI=1S/C16H30O8/c1-5-9-7(3)22-16(12(19)10(9)17)24-14-8(4)23-15(21-6-2)13(20)11(14)18/h7-20H,5-6H2,1-4H3/t7?,8?,9?,10?,11?,12?,13?,14?,15-,16+/m1/s1. The highest BCUT2D eigenvalue weighted by molar-refractivity contribution is 4.92. The minimum absolute atomic E-state index is 0.197. The summed E-state index contributed by atoms with van der Waals surface area (Å²) >= 11 is 0. The van der Waals surface area contributed by atoms with Gasteiger partial charge in [-0.2, -0.15) is 0 Å². The molecule has 0 radical (unpaired) electrons. The SMILES string of the molecule is CCO[C@@H]1OC(C)C(O[C@@H]2OC(C)C(CC)C(O)C2O)C(O)C1O. The number of hydrogen-bond acceptors (Lipinski definition) is 8. The molecule has 8 heteroatoms. The van der Waals surface area contributed by atoms with Crippen LogP contribution in [0.4, 0.5) is 0 Å². The lowest BCUT2D eigenvalue weighted by Crippen LogP contribution is -2.62. The zero-order valence-electron chi connectivity index (χ0n) is 14.6. The van der Waals surface area contributed by atoms with Crippen LogP contribution in [0.2, 0.25) is 0 Å². The summed E-state index contributed by atoms with van der Waals surface area (Å²) in [5, 5.41) is 40.9. The average molecular weight is 350 g/mol. The number of aliphatic hydroxyl groups is 4. The van der Waals surface area contributed by atoms with E-state index in [4.69, 9.17) is 18.9 Å². The smallest absolute Gasteiger partial charge is 0.186 e. The zero-order chi connectivity index (χ0) is 18.0. The van der Waals surface area contributed by atoms with Gasteiger partial charge < -0.3 is 39.4 Å². The highest BCUT2D eigenvalue weighted by Crippen LogP contribution is 2.32. The van der Waals surface area contributed by atoms with E-state index in [1.54, 1.807) is 20.8 Å². The Balaban J connectivity index is 2.04. The summed E-state index contributed by atoms with van der Waals surface area (Å²) in [7, 11) is 0. The first-order valence-corrected chi connectivity index (χ1v) is 8.62. The molecule has 0 bridgehead atoms. The average Bonchev–Trinajstić information content (AvgIpc) is 2.54. The van der Waals surface area contributed by atoms with Crippen molar-refractivity contribution in [1.82, 2.24) is 0 Å². The molecule has 2 heterocycles. The van der Waals surface area contributed by atoms with Gasteiger partial charge in [-0.05, 0) is 27.2 Å². The van der Waals surface area contributed by atoms with Crippen LogP contribution in [-0.2, 0) is 18.9 Å². The first-order valence-electron chi connectivity index (χ1n) is 8.62. The molecule has 24 heavy (non-hydrogen) atoms. The summed E-state index contributed by atoms with van der Waals surface area (Å²) in [6.07, 6.45) is -7.99. The first kappa shape index (κ1) is 20.0. The molecule has 2 aliphatic heterocycles. The minimum atomic E-state index is -1.28. The summed E-state index contributed by atoms with van der Waals surface area (Å²) in [5.41, 5.74) is 0. The lowest BCUT2D eigenvalue weighted by Gasteiger charge is -2.46. The normalized spacial score (nSPS) is 50.0. The van der Waals surface area contributed by atoms with Crippen molar-refractivity contribution in [2.75, 3.05) is 6.61 Å². The van der Waals surface area contributed by atoms with Gasteiger partial charge in [-0.25, -0.2) is 0 Å². The molecule has 0 spiro atoms. The molecule has 142 valence electrons. The van der Waals surface area contributed by atoms with Crippen molar-refractivity contribution in [3.8, 4) is 0 Å². The van der Waals surface area contributed by atoms with E-state index < -0.39 is 49.2 Å². The van der Waals surface area contributed by atoms with Crippen molar-refractivity contribution >= 4 is 0 Å². The number of rotatable bonds is 5. The van der Waals surface area contributed by atoms with Crippen molar-refractivity contribution < 1.29 is 39.4 Å². The Morgan fingerprint density at radius 3 is 1.96 bits per heavy atom. The lowest BCUT2D eigenvalue weighted by atomic mass is 9.87. The van der Waals surface area contributed by atoms with Crippen molar-refractivity contribution in [2.24, 2.45) is 5.92 Å². The molecule has 2 saturated heterocycles. The van der Waals surface area contributed by atoms with Gasteiger partial charge in [-0.1, -0.05) is 6.92 Å². The fourth-order valence-electron chi connectivity index (χ4n) is 3.42. The summed E-state index contributed by atoms with van der Waals surface area (Å²) in [4.78, 5) is 0. The fourth-order valence-corrected chi connectivity index (χ4v) is 3.42. The molecule has 0 saturated carbocycles. The van der Waals surface area contributed by atoms with E-state index in [1.807, 2.05) is 6.92 Å². The van der Waals surface area contributed by atoms with Gasteiger partial charge in [0.2, 0.25) is 0 Å². The Kier molecular flexibility index (Phi) is 6.98. The van der Waals surface area contributed by atoms with Crippen LogP contribution in [0, 0.1) is 5.92 Å². The van der Waals surface area contributed by atoms with Gasteiger partial charge in [0.25, 0.3) is 0 Å². The van der Waals surface area contributed by atoms with Gasteiger partial charge >= 0.3 is 0 Å². The molecule has 2 rings (SSSR count). The van der Waals surface area contributed by atoms with Crippen LogP contribution < -0.4 is 0 Å².